The topological polar surface area (TPSA) is 459 Å². The Morgan fingerprint density at radius 2 is 0.298 bits per heavy atom. The van der Waals surface area contributed by atoms with Crippen LogP contribution in [0.25, 0.3) is 0 Å². The molecule has 0 saturated carbocycles. The molecule has 0 aliphatic rings. The molecule has 26 nitrogen and oxygen atoms in total. The minimum absolute atomic E-state index is 0. The number of hydrogen-bond acceptors (Lipinski definition) is 26. The maximum Gasteiger partial charge on any atom is 1.00 e. The first-order valence-electron chi connectivity index (χ1n) is 12.8. The summed E-state index contributed by atoms with van der Waals surface area (Å²) in [4.78, 5) is 160. The van der Waals surface area contributed by atoms with Crippen LogP contribution in [0.2, 0.25) is 0 Å². The van der Waals surface area contributed by atoms with E-state index in [1.54, 1.807) is 0 Å². The summed E-state index contributed by atoms with van der Waals surface area (Å²) in [6.45, 7) is -5.71. The molecule has 0 heterocycles. The molecule has 0 aromatic carbocycles. The summed E-state index contributed by atoms with van der Waals surface area (Å²) in [6, 6.07) is 0. The first-order chi connectivity index (χ1) is 21.1. The molecular formula is C15H30N5Na9O21P7-5. The molecule has 42 heteroatoms. The second-order valence-electron chi connectivity index (χ2n) is 10.4. The molecule has 0 unspecified atom stereocenters. The van der Waals surface area contributed by atoms with Gasteiger partial charge in [-0.2, -0.15) is 0 Å². The Morgan fingerprint density at radius 1 is 0.211 bits per heavy atom. The third kappa shape index (κ3) is 63.8. The van der Waals surface area contributed by atoms with E-state index in [9.17, 15) is 100 Å². The molecule has 0 aromatic rings. The van der Waals surface area contributed by atoms with E-state index in [-0.39, 0.29) is 266 Å². The second-order valence-corrected chi connectivity index (χ2v) is 20.9. The van der Waals surface area contributed by atoms with Crippen LogP contribution < -0.4 is 335 Å². The van der Waals surface area contributed by atoms with Gasteiger partial charge in [-0.25, -0.2) is 0 Å². The summed E-state index contributed by atoms with van der Waals surface area (Å²) in [5.41, 5.74) is 0. The maximum absolute atomic E-state index is 11.5. The minimum atomic E-state index is -5.47. The van der Waals surface area contributed by atoms with Gasteiger partial charge in [0.15, 0.2) is 0 Å². The third-order valence-electron chi connectivity index (χ3n) is 5.54. The van der Waals surface area contributed by atoms with Crippen molar-refractivity contribution in [2.45, 2.75) is 0 Å². The van der Waals surface area contributed by atoms with Gasteiger partial charge >= 0.3 is 266 Å². The molecule has 0 rings (SSSR count). The van der Waals surface area contributed by atoms with Crippen LogP contribution in [0.4, 0.5) is 0 Å². The molecule has 0 radical (unpaired) electrons. The van der Waals surface area contributed by atoms with Crippen LogP contribution in [0.5, 0.6) is 0 Å². The van der Waals surface area contributed by atoms with E-state index < -0.39 is 150 Å². The molecule has 0 fully saturated rings. The van der Waals surface area contributed by atoms with Gasteiger partial charge in [0, 0.05) is 96.4 Å². The number of hydrogen-bond donors (Lipinski definition) is 0. The van der Waals surface area contributed by atoms with Gasteiger partial charge in [0.1, 0.15) is 0 Å². The zero-order chi connectivity index (χ0) is 38.0. The summed E-state index contributed by atoms with van der Waals surface area (Å²) in [5, 5.41) is 0. The summed E-state index contributed by atoms with van der Waals surface area (Å²) < 4.78 is 78.8. The molecule has 0 spiro atoms. The first kappa shape index (κ1) is 89.7. The molecular weight excluding hydrogens is 1010 g/mol. The Labute approximate surface area is 530 Å². The Balaban J connectivity index is -0.000000307. The Morgan fingerprint density at radius 3 is 0.404 bits per heavy atom. The van der Waals surface area contributed by atoms with E-state index in [0.717, 1.165) is 4.90 Å². The molecule has 0 N–H and O–H groups in total. The van der Waals surface area contributed by atoms with Gasteiger partial charge in [-0.05, 0) is 0 Å². The van der Waals surface area contributed by atoms with Crippen LogP contribution >= 0.6 is 53.2 Å². The van der Waals surface area contributed by atoms with Crippen molar-refractivity contribution in [3.05, 3.63) is 0 Å². The van der Waals surface area contributed by atoms with Crippen molar-refractivity contribution in [1.29, 1.82) is 0 Å². The quantitative estimate of drug-likeness (QED) is 0.0573. The van der Waals surface area contributed by atoms with Gasteiger partial charge in [0.2, 0.25) is 0 Å². The maximum atomic E-state index is 11.5. The Bertz CT molecular complexity index is 1230. The average molecular weight is 1040 g/mol. The fourth-order valence-corrected chi connectivity index (χ4v) is 9.54. The molecule has 57 heavy (non-hydrogen) atoms. The SMILES string of the molecule is O=P([O-])([O-])CN(CCN(CCN(CP(=O)([O-])[O-])CP(=O)([O-])[O-])CP(=O)([O-])[O-])CCN(CCN(CP(=O)([O-])[O-])CP(=O)([O-])[O-])CP(=O)([O-])[O-].[Na+].[Na+].[Na+].[Na+].[Na+].[Na+].[Na+].[Na+].[Na+]. The predicted octanol–water partition coefficient (Wildman–Crippen LogP) is -39.4. The van der Waals surface area contributed by atoms with E-state index in [1.165, 1.54) is 0 Å². The van der Waals surface area contributed by atoms with Crippen LogP contribution in [-0.2, 0) is 32.0 Å². The van der Waals surface area contributed by atoms with Crippen molar-refractivity contribution < 1.29 is 366 Å². The standard InChI is InChI=1S/C15H44N5O21P7.9Na/c21-42(22,23)9-16(1-3-17(10-43(24,25)26)5-7-19(12-45(30,31)32)13-46(33,34)35)2-4-18(11-44(27,28)29)6-8-20(14-47(36,37)38)15-48(39,40)41;;;;;;;;;/h1-15H2,(H2,21,22,23)(H2,24,25,26)(H2,27,28,29)(H2,30,31,32)(H2,33,34,35)(H2,36,37,38)(H2,39,40,41);;;;;;;;;/q;9*+1/p-14. The summed E-state index contributed by atoms with van der Waals surface area (Å²) in [6.07, 6.45) is -10.1. The van der Waals surface area contributed by atoms with Crippen molar-refractivity contribution in [2.75, 3.05) is 96.4 Å². The first-order valence-corrected chi connectivity index (χ1v) is 24.9. The molecule has 290 valence electrons. The second kappa shape index (κ2) is 41.3. The molecule has 0 amide bonds. The van der Waals surface area contributed by atoms with Gasteiger partial charge < -0.3 is 100 Å². The van der Waals surface area contributed by atoms with Gasteiger partial charge in [-0.15, -0.1) is 0 Å². The van der Waals surface area contributed by atoms with Crippen molar-refractivity contribution in [1.82, 2.24) is 24.5 Å². The van der Waals surface area contributed by atoms with E-state index in [0.29, 0.717) is 19.6 Å². The van der Waals surface area contributed by atoms with Crippen molar-refractivity contribution in [3.63, 3.8) is 0 Å². The van der Waals surface area contributed by atoms with Crippen molar-refractivity contribution in [2.24, 2.45) is 0 Å². The van der Waals surface area contributed by atoms with E-state index >= 15 is 0 Å². The average Bonchev–Trinajstić information content (AvgIpc) is 2.75. The Kier molecular flexibility index (Phi) is 65.0. The van der Waals surface area contributed by atoms with Crippen LogP contribution in [0.3, 0.4) is 0 Å². The Hall–Kier alpha value is 9.85. The summed E-state index contributed by atoms with van der Waals surface area (Å²) in [7, 11) is -38.3. The van der Waals surface area contributed by atoms with Gasteiger partial charge in [0.25, 0.3) is 0 Å². The normalized spacial score (nSPS) is 12.4. The van der Waals surface area contributed by atoms with Crippen LogP contribution in [0.1, 0.15) is 0 Å². The number of nitrogens with zero attached hydrogens (tertiary/aromatic N) is 5. The monoisotopic (exact) mass is 1040 g/mol. The van der Waals surface area contributed by atoms with Crippen molar-refractivity contribution in [3.8, 4) is 0 Å². The van der Waals surface area contributed by atoms with Crippen LogP contribution in [-0.4, -0.2) is 121 Å². The summed E-state index contributed by atoms with van der Waals surface area (Å²) >= 11 is 0. The van der Waals surface area contributed by atoms with Gasteiger partial charge in [0.05, 0.1) is 0 Å². The fourth-order valence-electron chi connectivity index (χ4n) is 3.98. The minimum Gasteiger partial charge on any atom is -0.810 e. The van der Waals surface area contributed by atoms with Crippen LogP contribution in [0.15, 0.2) is 0 Å². The van der Waals surface area contributed by atoms with E-state index in [4.69, 9.17) is 0 Å². The van der Waals surface area contributed by atoms with E-state index in [2.05, 4.69) is 0 Å². The fraction of sp³-hybridized carbons (Fsp3) is 1.00. The van der Waals surface area contributed by atoms with Crippen molar-refractivity contribution >= 4 is 53.2 Å². The largest absolute Gasteiger partial charge is 1.00 e. The molecule has 0 aromatic heterocycles. The zero-order valence-corrected chi connectivity index (χ0v) is 57.8. The molecule has 0 atom stereocenters. The molecule has 0 saturated heterocycles. The smallest absolute Gasteiger partial charge is 0.810 e. The third-order valence-corrected chi connectivity index (χ3v) is 10.8. The van der Waals surface area contributed by atoms with Crippen LogP contribution in [0, 0.1) is 0 Å². The van der Waals surface area contributed by atoms with Gasteiger partial charge in [-0.3, -0.25) is 24.5 Å². The zero-order valence-electron chi connectivity index (χ0n) is 33.5. The summed E-state index contributed by atoms with van der Waals surface area (Å²) in [5.74, 6) is 0. The molecule has 0 aliphatic heterocycles. The van der Waals surface area contributed by atoms with E-state index in [1.807, 2.05) is 0 Å². The number of rotatable bonds is 26. The molecule has 0 bridgehead atoms. The molecule has 0 aliphatic carbocycles. The predicted molar refractivity (Wildman–Crippen MR) is 135 cm³/mol. The van der Waals surface area contributed by atoms with Gasteiger partial charge in [-0.1, -0.05) is 53.2 Å².